The van der Waals surface area contributed by atoms with Crippen molar-refractivity contribution < 1.29 is 9.69 Å². The van der Waals surface area contributed by atoms with E-state index < -0.39 is 0 Å². The smallest absolute Gasteiger partial charge is 0.323 e. The summed E-state index contributed by atoms with van der Waals surface area (Å²) >= 11 is 0. The molecule has 1 aromatic carbocycles. The fourth-order valence-electron chi connectivity index (χ4n) is 3.34. The second-order valence-electron chi connectivity index (χ2n) is 6.48. The number of aromatic amines is 2. The lowest BCUT2D eigenvalue weighted by molar-refractivity contribution is -0.914. The molecule has 1 aliphatic rings. The maximum atomic E-state index is 12.5. The number of nitrogens with one attached hydrogen (secondary N) is 4. The number of benzene rings is 1. The first-order chi connectivity index (χ1) is 11.1. The summed E-state index contributed by atoms with van der Waals surface area (Å²) in [4.78, 5) is 30.6. The van der Waals surface area contributed by atoms with Crippen LogP contribution in [0.1, 0.15) is 39.0 Å². The number of hydrogen-bond acceptors (Lipinski definition) is 2. The topological polar surface area (TPSA) is 82.2 Å². The van der Waals surface area contributed by atoms with Gasteiger partial charge in [0.15, 0.2) is 6.04 Å². The molecule has 1 saturated heterocycles. The Hall–Kier alpha value is -2.08. The lowest BCUT2D eigenvalue weighted by atomic mass is 10.1. The molecule has 1 atom stereocenters. The first kappa shape index (κ1) is 15.8. The number of quaternary nitrogens is 1. The van der Waals surface area contributed by atoms with E-state index in [0.29, 0.717) is 5.52 Å². The zero-order valence-electron chi connectivity index (χ0n) is 13.6. The summed E-state index contributed by atoms with van der Waals surface area (Å²) in [6.07, 6.45) is 6.26. The standard InChI is InChI=1S/C17H24N4O2/c1-12(21-9-5-3-2-4-6-10-21)16(22)18-13-7-8-14-15(11-13)20-17(23)19-14/h7-8,11-12H,2-6,9-10H2,1H3,(H,18,22)(H2,19,20,23)/p+1/t12-/m0/s1. The van der Waals surface area contributed by atoms with E-state index in [2.05, 4.69) is 15.3 Å². The Morgan fingerprint density at radius 3 is 2.48 bits per heavy atom. The Morgan fingerprint density at radius 2 is 1.74 bits per heavy atom. The van der Waals surface area contributed by atoms with Gasteiger partial charge < -0.3 is 20.2 Å². The van der Waals surface area contributed by atoms with Gasteiger partial charge in [-0.2, -0.15) is 0 Å². The second-order valence-corrected chi connectivity index (χ2v) is 6.48. The number of fused-ring (bicyclic) bond motifs is 1. The summed E-state index contributed by atoms with van der Waals surface area (Å²) in [7, 11) is 0. The highest BCUT2D eigenvalue weighted by Gasteiger charge is 2.25. The summed E-state index contributed by atoms with van der Waals surface area (Å²) in [5.74, 6) is 0.0396. The molecule has 0 bridgehead atoms. The second kappa shape index (κ2) is 7.00. The third-order valence-corrected chi connectivity index (χ3v) is 4.78. The zero-order chi connectivity index (χ0) is 16.2. The van der Waals surface area contributed by atoms with Crippen LogP contribution in [-0.2, 0) is 4.79 Å². The largest absolute Gasteiger partial charge is 0.325 e. The van der Waals surface area contributed by atoms with Crippen LogP contribution in [0.25, 0.3) is 11.0 Å². The highest BCUT2D eigenvalue weighted by molar-refractivity contribution is 5.95. The third kappa shape index (κ3) is 3.82. The van der Waals surface area contributed by atoms with Crippen molar-refractivity contribution in [1.82, 2.24) is 9.97 Å². The lowest BCUT2D eigenvalue weighted by Gasteiger charge is -2.26. The first-order valence-corrected chi connectivity index (χ1v) is 8.51. The van der Waals surface area contributed by atoms with Crippen molar-refractivity contribution in [2.24, 2.45) is 0 Å². The fourth-order valence-corrected chi connectivity index (χ4v) is 3.34. The molecule has 23 heavy (non-hydrogen) atoms. The maximum Gasteiger partial charge on any atom is 0.323 e. The van der Waals surface area contributed by atoms with Gasteiger partial charge in [0.25, 0.3) is 5.91 Å². The van der Waals surface area contributed by atoms with E-state index in [-0.39, 0.29) is 17.6 Å². The van der Waals surface area contributed by atoms with E-state index in [1.807, 2.05) is 13.0 Å². The van der Waals surface area contributed by atoms with Crippen molar-refractivity contribution in [3.63, 3.8) is 0 Å². The van der Waals surface area contributed by atoms with Crippen molar-refractivity contribution in [2.45, 2.75) is 45.1 Å². The van der Waals surface area contributed by atoms with Gasteiger partial charge in [-0.1, -0.05) is 6.42 Å². The number of aromatic nitrogens is 2. The SMILES string of the molecule is C[C@@H](C(=O)Nc1ccc2[nH]c(=O)[nH]c2c1)[NH+]1CCCCCCC1. The molecular formula is C17H25N4O2+. The molecule has 2 heterocycles. The normalized spacial score (nSPS) is 18.3. The summed E-state index contributed by atoms with van der Waals surface area (Å²) in [6.45, 7) is 4.14. The molecule has 6 nitrogen and oxygen atoms in total. The molecule has 0 unspecified atom stereocenters. The lowest BCUT2D eigenvalue weighted by Crippen LogP contribution is -3.16. The Morgan fingerprint density at radius 1 is 1.09 bits per heavy atom. The van der Waals surface area contributed by atoms with Gasteiger partial charge in [-0.15, -0.1) is 0 Å². The van der Waals surface area contributed by atoms with Crippen molar-refractivity contribution in [3.05, 3.63) is 28.7 Å². The van der Waals surface area contributed by atoms with Crippen LogP contribution in [-0.4, -0.2) is 35.0 Å². The fraction of sp³-hybridized carbons (Fsp3) is 0.529. The molecule has 0 radical (unpaired) electrons. The van der Waals surface area contributed by atoms with Gasteiger partial charge in [-0.05, 0) is 50.8 Å². The van der Waals surface area contributed by atoms with Crippen LogP contribution in [0.15, 0.2) is 23.0 Å². The molecule has 1 amide bonds. The van der Waals surface area contributed by atoms with Crippen molar-refractivity contribution >= 4 is 22.6 Å². The number of rotatable bonds is 3. The quantitative estimate of drug-likeness (QED) is 0.682. The van der Waals surface area contributed by atoms with Crippen LogP contribution < -0.4 is 15.9 Å². The summed E-state index contributed by atoms with van der Waals surface area (Å²) in [5, 5.41) is 2.98. The van der Waals surface area contributed by atoms with Gasteiger partial charge in [-0.3, -0.25) is 4.79 Å². The number of hydrogen-bond donors (Lipinski definition) is 4. The van der Waals surface area contributed by atoms with Crippen LogP contribution in [0.5, 0.6) is 0 Å². The molecule has 1 aliphatic heterocycles. The van der Waals surface area contributed by atoms with E-state index in [9.17, 15) is 9.59 Å². The Kier molecular flexibility index (Phi) is 4.81. The Bertz CT molecular complexity index is 726. The number of carbonyl (C=O) groups excluding carboxylic acids is 1. The van der Waals surface area contributed by atoms with Gasteiger partial charge in [0.1, 0.15) is 0 Å². The van der Waals surface area contributed by atoms with Gasteiger partial charge >= 0.3 is 5.69 Å². The molecule has 6 heteroatoms. The number of carbonyl (C=O) groups is 1. The van der Waals surface area contributed by atoms with Crippen LogP contribution in [0, 0.1) is 0 Å². The van der Waals surface area contributed by atoms with E-state index in [1.54, 1.807) is 12.1 Å². The van der Waals surface area contributed by atoms with Crippen molar-refractivity contribution in [2.75, 3.05) is 18.4 Å². The highest BCUT2D eigenvalue weighted by Crippen LogP contribution is 2.14. The Labute approximate surface area is 135 Å². The monoisotopic (exact) mass is 317 g/mol. The van der Waals surface area contributed by atoms with E-state index in [1.165, 1.54) is 37.0 Å². The molecule has 4 N–H and O–H groups in total. The van der Waals surface area contributed by atoms with Gasteiger partial charge in [0, 0.05) is 5.69 Å². The Balaban J connectivity index is 1.67. The number of amides is 1. The minimum Gasteiger partial charge on any atom is -0.325 e. The third-order valence-electron chi connectivity index (χ3n) is 4.78. The molecule has 0 spiro atoms. The van der Waals surface area contributed by atoms with Crippen molar-refractivity contribution in [3.8, 4) is 0 Å². The van der Waals surface area contributed by atoms with Crippen LogP contribution >= 0.6 is 0 Å². The van der Waals surface area contributed by atoms with Crippen LogP contribution in [0.3, 0.4) is 0 Å². The summed E-state index contributed by atoms with van der Waals surface area (Å²) in [6, 6.07) is 5.35. The van der Waals surface area contributed by atoms with Gasteiger partial charge in [-0.25, -0.2) is 4.79 Å². The number of imidazole rings is 1. The van der Waals surface area contributed by atoms with Crippen molar-refractivity contribution in [1.29, 1.82) is 0 Å². The number of anilines is 1. The molecule has 124 valence electrons. The molecule has 0 aliphatic carbocycles. The van der Waals surface area contributed by atoms with E-state index in [4.69, 9.17) is 0 Å². The first-order valence-electron chi connectivity index (χ1n) is 8.51. The molecule has 0 saturated carbocycles. The molecule has 3 rings (SSSR count). The minimum atomic E-state index is -0.234. The summed E-state index contributed by atoms with van der Waals surface area (Å²) < 4.78 is 0. The maximum absolute atomic E-state index is 12.5. The highest BCUT2D eigenvalue weighted by atomic mass is 16.2. The average molecular weight is 317 g/mol. The van der Waals surface area contributed by atoms with Gasteiger partial charge in [0.05, 0.1) is 24.1 Å². The predicted octanol–water partition coefficient (Wildman–Crippen LogP) is 1.03. The number of H-pyrrole nitrogens is 2. The molecular weight excluding hydrogens is 292 g/mol. The summed E-state index contributed by atoms with van der Waals surface area (Å²) in [5.41, 5.74) is 1.94. The molecule has 1 aromatic heterocycles. The van der Waals surface area contributed by atoms with Gasteiger partial charge in [0.2, 0.25) is 0 Å². The van der Waals surface area contributed by atoms with Crippen LogP contribution in [0.2, 0.25) is 0 Å². The predicted molar refractivity (Wildman–Crippen MR) is 90.8 cm³/mol. The average Bonchev–Trinajstić information content (AvgIpc) is 2.85. The molecule has 2 aromatic rings. The molecule has 1 fully saturated rings. The van der Waals surface area contributed by atoms with E-state index in [0.717, 1.165) is 24.3 Å². The number of likely N-dealkylation sites (tertiary alicyclic amines) is 1. The zero-order valence-corrected chi connectivity index (χ0v) is 13.6. The van der Waals surface area contributed by atoms with Crippen LogP contribution in [0.4, 0.5) is 5.69 Å². The van der Waals surface area contributed by atoms with E-state index >= 15 is 0 Å². The minimum absolute atomic E-state index is 0.0396.